The van der Waals surface area contributed by atoms with E-state index in [4.69, 9.17) is 4.42 Å². The molecule has 130 valence electrons. The molecule has 1 saturated heterocycles. The van der Waals surface area contributed by atoms with E-state index in [2.05, 4.69) is 0 Å². The van der Waals surface area contributed by atoms with Gasteiger partial charge in [-0.25, -0.2) is 0 Å². The van der Waals surface area contributed by atoms with Crippen LogP contribution in [0, 0.1) is 0 Å². The second-order valence-corrected chi connectivity index (χ2v) is 6.57. The molecule has 1 aromatic carbocycles. The average Bonchev–Trinajstić information content (AvgIpc) is 3.31. The van der Waals surface area contributed by atoms with Gasteiger partial charge in [-0.05, 0) is 30.5 Å². The molecule has 2 heterocycles. The zero-order chi connectivity index (χ0) is 17.4. The molecule has 1 aromatic heterocycles. The number of benzene rings is 1. The lowest BCUT2D eigenvalue weighted by atomic mass is 9.98. The summed E-state index contributed by atoms with van der Waals surface area (Å²) in [5.41, 5.74) is 2.38. The van der Waals surface area contributed by atoms with Gasteiger partial charge in [0.15, 0.2) is 0 Å². The molecule has 1 aliphatic heterocycles. The summed E-state index contributed by atoms with van der Waals surface area (Å²) in [6, 6.07) is 7.09. The van der Waals surface area contributed by atoms with E-state index in [9.17, 15) is 14.7 Å². The van der Waals surface area contributed by atoms with E-state index in [1.54, 1.807) is 17.0 Å². The fourth-order valence-electron chi connectivity index (χ4n) is 3.83. The van der Waals surface area contributed by atoms with Crippen LogP contribution in [0.2, 0.25) is 0 Å². The number of carbonyl (C=O) groups is 2. The summed E-state index contributed by atoms with van der Waals surface area (Å²) < 4.78 is 4.96. The van der Waals surface area contributed by atoms with E-state index < -0.39 is 0 Å². The lowest BCUT2D eigenvalue weighted by Crippen LogP contribution is -2.51. The highest BCUT2D eigenvalue weighted by Gasteiger charge is 2.35. The minimum Gasteiger partial charge on any atom is -0.508 e. The van der Waals surface area contributed by atoms with Crippen LogP contribution in [-0.4, -0.2) is 52.9 Å². The van der Waals surface area contributed by atoms with Crippen molar-refractivity contribution in [2.75, 3.05) is 26.2 Å². The van der Waals surface area contributed by atoms with E-state index in [0.717, 1.165) is 24.0 Å². The Bertz CT molecular complexity index is 792. The summed E-state index contributed by atoms with van der Waals surface area (Å²) in [6.45, 7) is 2.05. The molecule has 0 radical (unpaired) electrons. The molecule has 1 N–H and O–H groups in total. The van der Waals surface area contributed by atoms with Gasteiger partial charge < -0.3 is 19.3 Å². The Kier molecular flexibility index (Phi) is 3.95. The number of carbonyl (C=O) groups excluding carboxylic acids is 2. The molecule has 1 atom stereocenters. The van der Waals surface area contributed by atoms with Crippen molar-refractivity contribution in [1.82, 2.24) is 9.80 Å². The van der Waals surface area contributed by atoms with Crippen molar-refractivity contribution in [1.29, 1.82) is 0 Å². The van der Waals surface area contributed by atoms with Crippen LogP contribution < -0.4 is 0 Å². The normalized spacial score (nSPS) is 19.8. The van der Waals surface area contributed by atoms with Crippen LogP contribution in [0.5, 0.6) is 5.75 Å². The highest BCUT2D eigenvalue weighted by Crippen LogP contribution is 2.40. The molecular formula is C19H20N2O4. The molecule has 6 nitrogen and oxygen atoms in total. The minimum absolute atomic E-state index is 0.0515. The number of piperazine rings is 1. The Morgan fingerprint density at radius 3 is 2.56 bits per heavy atom. The van der Waals surface area contributed by atoms with Gasteiger partial charge >= 0.3 is 0 Å². The fourth-order valence-corrected chi connectivity index (χ4v) is 3.83. The topological polar surface area (TPSA) is 74.0 Å². The standard InChI is InChI=1S/C19H20N2O4/c22-16-3-1-2-13-4-5-15(17(13)16)19(24)21-9-7-20(8-10-21)18(23)14-6-11-25-12-14/h1-3,6,11-12,15,22H,4-5,7-10H2. The van der Waals surface area contributed by atoms with Crippen molar-refractivity contribution in [3.63, 3.8) is 0 Å². The lowest BCUT2D eigenvalue weighted by molar-refractivity contribution is -0.134. The van der Waals surface area contributed by atoms with Crippen LogP contribution in [0.4, 0.5) is 0 Å². The number of rotatable bonds is 2. The number of fused-ring (bicyclic) bond motifs is 1. The molecule has 2 aliphatic rings. The van der Waals surface area contributed by atoms with Gasteiger partial charge in [0.2, 0.25) is 5.91 Å². The third-order valence-corrected chi connectivity index (χ3v) is 5.17. The van der Waals surface area contributed by atoms with Crippen LogP contribution in [-0.2, 0) is 11.2 Å². The largest absolute Gasteiger partial charge is 0.508 e. The van der Waals surface area contributed by atoms with Crippen LogP contribution in [0.25, 0.3) is 0 Å². The molecule has 6 heteroatoms. The van der Waals surface area contributed by atoms with Gasteiger partial charge in [0.25, 0.3) is 5.91 Å². The van der Waals surface area contributed by atoms with E-state index >= 15 is 0 Å². The van der Waals surface area contributed by atoms with E-state index in [-0.39, 0.29) is 23.5 Å². The summed E-state index contributed by atoms with van der Waals surface area (Å²) in [7, 11) is 0. The predicted octanol–water partition coefficient (Wildman–Crippen LogP) is 2.00. The summed E-state index contributed by atoms with van der Waals surface area (Å²) in [6.07, 6.45) is 4.48. The fraction of sp³-hybridized carbons (Fsp3) is 0.368. The van der Waals surface area contributed by atoms with Crippen molar-refractivity contribution in [3.8, 4) is 5.75 Å². The zero-order valence-electron chi connectivity index (χ0n) is 13.9. The summed E-state index contributed by atoms with van der Waals surface area (Å²) >= 11 is 0. The molecule has 25 heavy (non-hydrogen) atoms. The first kappa shape index (κ1) is 15.7. The van der Waals surface area contributed by atoms with Crippen molar-refractivity contribution >= 4 is 11.8 Å². The second-order valence-electron chi connectivity index (χ2n) is 6.57. The van der Waals surface area contributed by atoms with Crippen LogP contribution >= 0.6 is 0 Å². The molecule has 0 spiro atoms. The maximum absolute atomic E-state index is 12.9. The molecular weight excluding hydrogens is 320 g/mol. The van der Waals surface area contributed by atoms with Crippen molar-refractivity contribution in [2.45, 2.75) is 18.8 Å². The number of nitrogens with zero attached hydrogens (tertiary/aromatic N) is 2. The number of phenols is 1. The Labute approximate surface area is 145 Å². The molecule has 1 fully saturated rings. The molecule has 4 rings (SSSR count). The van der Waals surface area contributed by atoms with E-state index in [1.807, 2.05) is 17.0 Å². The Morgan fingerprint density at radius 1 is 1.08 bits per heavy atom. The van der Waals surface area contributed by atoms with E-state index in [1.165, 1.54) is 12.5 Å². The Balaban J connectivity index is 1.42. The summed E-state index contributed by atoms with van der Waals surface area (Å²) in [5.74, 6) is -0.0742. The van der Waals surface area contributed by atoms with Gasteiger partial charge in [0, 0.05) is 31.7 Å². The SMILES string of the molecule is O=C(c1ccoc1)N1CCN(C(=O)C2CCc3cccc(O)c32)CC1. The van der Waals surface area contributed by atoms with Crippen LogP contribution in [0.1, 0.15) is 33.8 Å². The van der Waals surface area contributed by atoms with Crippen LogP contribution in [0.3, 0.4) is 0 Å². The number of hydrogen-bond donors (Lipinski definition) is 1. The maximum atomic E-state index is 12.9. The first-order chi connectivity index (χ1) is 12.1. The first-order valence-electron chi connectivity index (χ1n) is 8.56. The third kappa shape index (κ3) is 2.77. The Morgan fingerprint density at radius 2 is 1.84 bits per heavy atom. The van der Waals surface area contributed by atoms with Crippen molar-refractivity contribution in [2.24, 2.45) is 0 Å². The van der Waals surface area contributed by atoms with Gasteiger partial charge in [-0.3, -0.25) is 9.59 Å². The second kappa shape index (κ2) is 6.27. The molecule has 1 aliphatic carbocycles. The van der Waals surface area contributed by atoms with Gasteiger partial charge in [0.1, 0.15) is 12.0 Å². The zero-order valence-corrected chi connectivity index (χ0v) is 13.9. The van der Waals surface area contributed by atoms with Gasteiger partial charge in [-0.1, -0.05) is 12.1 Å². The molecule has 2 amide bonds. The van der Waals surface area contributed by atoms with Crippen molar-refractivity contribution < 1.29 is 19.1 Å². The molecule has 0 bridgehead atoms. The smallest absolute Gasteiger partial charge is 0.257 e. The predicted molar refractivity (Wildman–Crippen MR) is 90.4 cm³/mol. The number of aromatic hydroxyl groups is 1. The minimum atomic E-state index is -0.271. The number of phenolic OH excluding ortho intramolecular Hbond substituents is 1. The molecule has 0 saturated carbocycles. The highest BCUT2D eigenvalue weighted by molar-refractivity contribution is 5.94. The third-order valence-electron chi connectivity index (χ3n) is 5.17. The number of hydrogen-bond acceptors (Lipinski definition) is 4. The Hall–Kier alpha value is -2.76. The molecule has 1 unspecified atom stereocenters. The van der Waals surface area contributed by atoms with Gasteiger partial charge in [-0.2, -0.15) is 0 Å². The highest BCUT2D eigenvalue weighted by atomic mass is 16.3. The van der Waals surface area contributed by atoms with E-state index in [0.29, 0.717) is 31.7 Å². The summed E-state index contributed by atoms with van der Waals surface area (Å²) in [5, 5.41) is 10.1. The number of aryl methyl sites for hydroxylation is 1. The quantitative estimate of drug-likeness (QED) is 0.907. The monoisotopic (exact) mass is 340 g/mol. The van der Waals surface area contributed by atoms with Crippen LogP contribution in [0.15, 0.2) is 41.2 Å². The van der Waals surface area contributed by atoms with Crippen molar-refractivity contribution in [3.05, 3.63) is 53.5 Å². The number of furan rings is 1. The molecule has 2 aromatic rings. The lowest BCUT2D eigenvalue weighted by Gasteiger charge is -2.36. The maximum Gasteiger partial charge on any atom is 0.257 e. The number of amides is 2. The van der Waals surface area contributed by atoms with Gasteiger partial charge in [-0.15, -0.1) is 0 Å². The summed E-state index contributed by atoms with van der Waals surface area (Å²) in [4.78, 5) is 28.8. The average molecular weight is 340 g/mol. The first-order valence-corrected chi connectivity index (χ1v) is 8.56. The van der Waals surface area contributed by atoms with Gasteiger partial charge in [0.05, 0.1) is 17.7 Å².